The third-order valence-corrected chi connectivity index (χ3v) is 3.33. The molecule has 20 heavy (non-hydrogen) atoms. The Bertz CT molecular complexity index is 610. The molecule has 0 fully saturated rings. The quantitative estimate of drug-likeness (QED) is 0.782. The lowest BCUT2D eigenvalue weighted by Crippen LogP contribution is -2.37. The van der Waals surface area contributed by atoms with Crippen molar-refractivity contribution in [3.05, 3.63) is 42.0 Å². The number of phenolic OH excluding ortho intramolecular Hbond substituents is 1. The van der Waals surface area contributed by atoms with Gasteiger partial charge in [0.25, 0.3) is 5.91 Å². The summed E-state index contributed by atoms with van der Waals surface area (Å²) in [5.74, 6) is -0.274. The monoisotopic (exact) mass is 272 g/mol. The van der Waals surface area contributed by atoms with Gasteiger partial charge >= 0.3 is 0 Å². The summed E-state index contributed by atoms with van der Waals surface area (Å²) in [6.07, 6.45) is 1.85. The van der Waals surface area contributed by atoms with Gasteiger partial charge in [0, 0.05) is 18.0 Å². The second-order valence-electron chi connectivity index (χ2n) is 4.94. The molecule has 0 aliphatic rings. The molecule has 0 aromatic heterocycles. The molecule has 1 amide bonds. The number of carbonyl (C=O) groups excluding carboxylic acids is 1. The molecule has 0 aliphatic heterocycles. The molecule has 0 aliphatic carbocycles. The Hall–Kier alpha value is -2.07. The standard InChI is InChI=1S/C16H20N2O2/c1-2-5-12(17)10-18-16(20)14-9-8-11-6-3-4-7-13(11)15(14)19/h3-4,6-9,12,19H,2,5,10,17H2,1H3,(H,18,20). The van der Waals surface area contributed by atoms with Gasteiger partial charge in [0.2, 0.25) is 0 Å². The summed E-state index contributed by atoms with van der Waals surface area (Å²) in [5.41, 5.74) is 6.15. The first-order valence-corrected chi connectivity index (χ1v) is 6.88. The molecular formula is C16H20N2O2. The highest BCUT2D eigenvalue weighted by molar-refractivity contribution is 6.03. The van der Waals surface area contributed by atoms with Crippen LogP contribution in [0.1, 0.15) is 30.1 Å². The van der Waals surface area contributed by atoms with Gasteiger partial charge in [-0.05, 0) is 17.9 Å². The van der Waals surface area contributed by atoms with Crippen molar-refractivity contribution in [3.63, 3.8) is 0 Å². The first-order chi connectivity index (χ1) is 9.63. The molecule has 0 heterocycles. The number of amides is 1. The first-order valence-electron chi connectivity index (χ1n) is 6.88. The Morgan fingerprint density at radius 1 is 1.30 bits per heavy atom. The number of hydrogen-bond donors (Lipinski definition) is 3. The number of rotatable bonds is 5. The van der Waals surface area contributed by atoms with Crippen LogP contribution in [0.4, 0.5) is 0 Å². The molecule has 1 atom stereocenters. The van der Waals surface area contributed by atoms with Gasteiger partial charge in [0.05, 0.1) is 5.56 Å². The van der Waals surface area contributed by atoms with Crippen LogP contribution in [0.25, 0.3) is 10.8 Å². The number of phenols is 1. The number of nitrogens with two attached hydrogens (primary N) is 1. The van der Waals surface area contributed by atoms with E-state index in [1.807, 2.05) is 24.3 Å². The van der Waals surface area contributed by atoms with Gasteiger partial charge in [-0.3, -0.25) is 4.79 Å². The molecule has 4 N–H and O–H groups in total. The fourth-order valence-corrected chi connectivity index (χ4v) is 2.23. The van der Waals surface area contributed by atoms with Crippen molar-refractivity contribution in [2.24, 2.45) is 5.73 Å². The summed E-state index contributed by atoms with van der Waals surface area (Å²) in [4.78, 5) is 12.1. The van der Waals surface area contributed by atoms with Gasteiger partial charge in [0.1, 0.15) is 5.75 Å². The number of benzene rings is 2. The highest BCUT2D eigenvalue weighted by Crippen LogP contribution is 2.28. The summed E-state index contributed by atoms with van der Waals surface area (Å²) in [5, 5.41) is 14.5. The van der Waals surface area contributed by atoms with Gasteiger partial charge in [-0.2, -0.15) is 0 Å². The minimum Gasteiger partial charge on any atom is -0.506 e. The molecule has 2 rings (SSSR count). The van der Waals surface area contributed by atoms with Gasteiger partial charge in [-0.1, -0.05) is 43.7 Å². The van der Waals surface area contributed by atoms with E-state index in [1.54, 1.807) is 12.1 Å². The Morgan fingerprint density at radius 3 is 2.80 bits per heavy atom. The van der Waals surface area contributed by atoms with Crippen LogP contribution in [0, 0.1) is 0 Å². The molecular weight excluding hydrogens is 252 g/mol. The smallest absolute Gasteiger partial charge is 0.255 e. The molecule has 0 radical (unpaired) electrons. The Labute approximate surface area is 118 Å². The van der Waals surface area contributed by atoms with E-state index in [4.69, 9.17) is 5.73 Å². The van der Waals surface area contributed by atoms with E-state index < -0.39 is 0 Å². The fraction of sp³-hybridized carbons (Fsp3) is 0.312. The van der Waals surface area contributed by atoms with Crippen LogP contribution >= 0.6 is 0 Å². The van der Waals surface area contributed by atoms with Crippen LogP contribution in [-0.2, 0) is 0 Å². The molecule has 1 unspecified atom stereocenters. The van der Waals surface area contributed by atoms with Crippen molar-refractivity contribution in [3.8, 4) is 5.75 Å². The first kappa shape index (κ1) is 14.3. The lowest BCUT2D eigenvalue weighted by atomic mass is 10.0. The third kappa shape index (κ3) is 3.08. The topological polar surface area (TPSA) is 75.3 Å². The zero-order chi connectivity index (χ0) is 14.5. The summed E-state index contributed by atoms with van der Waals surface area (Å²) < 4.78 is 0. The number of nitrogens with one attached hydrogen (secondary N) is 1. The predicted octanol–water partition coefficient (Wildman–Crippen LogP) is 2.40. The number of aromatic hydroxyl groups is 1. The highest BCUT2D eigenvalue weighted by atomic mass is 16.3. The van der Waals surface area contributed by atoms with Crippen LogP contribution in [0.3, 0.4) is 0 Å². The summed E-state index contributed by atoms with van der Waals surface area (Å²) >= 11 is 0. The molecule has 106 valence electrons. The second kappa shape index (κ2) is 6.39. The maximum absolute atomic E-state index is 12.1. The van der Waals surface area contributed by atoms with E-state index in [0.717, 1.165) is 18.2 Å². The lowest BCUT2D eigenvalue weighted by molar-refractivity contribution is 0.0948. The average Bonchev–Trinajstić information content (AvgIpc) is 2.46. The van der Waals surface area contributed by atoms with Gasteiger partial charge in [-0.15, -0.1) is 0 Å². The Balaban J connectivity index is 2.16. The van der Waals surface area contributed by atoms with Crippen LogP contribution in [-0.4, -0.2) is 23.6 Å². The normalized spacial score (nSPS) is 12.3. The number of hydrogen-bond acceptors (Lipinski definition) is 3. The van der Waals surface area contributed by atoms with Crippen molar-refractivity contribution in [1.29, 1.82) is 0 Å². The molecule has 2 aromatic carbocycles. The molecule has 4 nitrogen and oxygen atoms in total. The van der Waals surface area contributed by atoms with E-state index in [1.165, 1.54) is 0 Å². The highest BCUT2D eigenvalue weighted by Gasteiger charge is 2.14. The van der Waals surface area contributed by atoms with Crippen molar-refractivity contribution >= 4 is 16.7 Å². The van der Waals surface area contributed by atoms with Crippen molar-refractivity contribution < 1.29 is 9.90 Å². The van der Waals surface area contributed by atoms with Crippen molar-refractivity contribution in [2.45, 2.75) is 25.8 Å². The summed E-state index contributed by atoms with van der Waals surface area (Å²) in [6, 6.07) is 10.8. The zero-order valence-corrected chi connectivity index (χ0v) is 11.6. The van der Waals surface area contributed by atoms with E-state index in [0.29, 0.717) is 11.9 Å². The summed E-state index contributed by atoms with van der Waals surface area (Å²) in [7, 11) is 0. The molecule has 0 spiro atoms. The lowest BCUT2D eigenvalue weighted by Gasteiger charge is -2.13. The van der Waals surface area contributed by atoms with Crippen LogP contribution in [0.2, 0.25) is 0 Å². The maximum atomic E-state index is 12.1. The number of carbonyl (C=O) groups is 1. The minimum atomic E-state index is -0.292. The Morgan fingerprint density at radius 2 is 2.05 bits per heavy atom. The Kier molecular flexibility index (Phi) is 4.58. The maximum Gasteiger partial charge on any atom is 0.255 e. The van der Waals surface area contributed by atoms with Gasteiger partial charge in [-0.25, -0.2) is 0 Å². The predicted molar refractivity (Wildman–Crippen MR) is 80.8 cm³/mol. The van der Waals surface area contributed by atoms with Gasteiger partial charge < -0.3 is 16.2 Å². The zero-order valence-electron chi connectivity index (χ0n) is 11.6. The van der Waals surface area contributed by atoms with E-state index >= 15 is 0 Å². The fourth-order valence-electron chi connectivity index (χ4n) is 2.23. The van der Waals surface area contributed by atoms with Crippen molar-refractivity contribution in [1.82, 2.24) is 5.32 Å². The third-order valence-electron chi connectivity index (χ3n) is 3.33. The van der Waals surface area contributed by atoms with Crippen LogP contribution in [0.15, 0.2) is 36.4 Å². The molecule has 2 aromatic rings. The van der Waals surface area contributed by atoms with E-state index in [2.05, 4.69) is 12.2 Å². The van der Waals surface area contributed by atoms with E-state index in [-0.39, 0.29) is 23.3 Å². The minimum absolute atomic E-state index is 0.0182. The van der Waals surface area contributed by atoms with E-state index in [9.17, 15) is 9.90 Å². The molecule has 0 saturated heterocycles. The molecule has 0 saturated carbocycles. The van der Waals surface area contributed by atoms with Gasteiger partial charge in [0.15, 0.2) is 0 Å². The van der Waals surface area contributed by atoms with Crippen molar-refractivity contribution in [2.75, 3.05) is 6.54 Å². The average molecular weight is 272 g/mol. The largest absolute Gasteiger partial charge is 0.506 e. The molecule has 0 bridgehead atoms. The summed E-state index contributed by atoms with van der Waals surface area (Å²) in [6.45, 7) is 2.47. The SMILES string of the molecule is CCCC(N)CNC(=O)c1ccc2ccccc2c1O. The van der Waals surface area contributed by atoms with Crippen LogP contribution < -0.4 is 11.1 Å². The molecule has 4 heteroatoms. The van der Waals surface area contributed by atoms with Crippen LogP contribution in [0.5, 0.6) is 5.75 Å². The number of fused-ring (bicyclic) bond motifs is 1. The second-order valence-corrected chi connectivity index (χ2v) is 4.94.